The molecule has 0 bridgehead atoms. The zero-order chi connectivity index (χ0) is 17.1. The van der Waals surface area contributed by atoms with Crippen LogP contribution in [-0.4, -0.2) is 39.0 Å². The van der Waals surface area contributed by atoms with Crippen molar-refractivity contribution in [2.45, 2.75) is 32.4 Å². The lowest BCUT2D eigenvalue weighted by molar-refractivity contribution is 0.209. The predicted molar refractivity (Wildman–Crippen MR) is 100 cm³/mol. The number of nitrogens with one attached hydrogen (secondary N) is 1. The van der Waals surface area contributed by atoms with E-state index >= 15 is 0 Å². The second-order valence-electron chi connectivity index (χ2n) is 6.73. The lowest BCUT2D eigenvalue weighted by Crippen LogP contribution is -2.41. The molecular formula is C20H23N5. The van der Waals surface area contributed by atoms with Crippen LogP contribution in [0.15, 0.2) is 48.8 Å². The van der Waals surface area contributed by atoms with E-state index in [1.54, 1.807) is 0 Å². The number of fused-ring (bicyclic) bond motifs is 1. The highest BCUT2D eigenvalue weighted by Gasteiger charge is 2.21. The van der Waals surface area contributed by atoms with E-state index in [0.29, 0.717) is 6.04 Å². The molecule has 1 aliphatic rings. The Morgan fingerprint density at radius 2 is 2.00 bits per heavy atom. The van der Waals surface area contributed by atoms with Gasteiger partial charge in [0.25, 0.3) is 0 Å². The van der Waals surface area contributed by atoms with E-state index in [-0.39, 0.29) is 0 Å². The molecule has 4 rings (SSSR count). The Bertz CT molecular complexity index is 858. The van der Waals surface area contributed by atoms with Crippen LogP contribution in [-0.2, 0) is 6.54 Å². The first kappa shape index (κ1) is 16.0. The van der Waals surface area contributed by atoms with Gasteiger partial charge in [0.15, 0.2) is 0 Å². The Morgan fingerprint density at radius 3 is 2.92 bits per heavy atom. The summed E-state index contributed by atoms with van der Waals surface area (Å²) in [4.78, 5) is 15.8. The molecule has 128 valence electrons. The van der Waals surface area contributed by atoms with Crippen LogP contribution in [0, 0.1) is 6.92 Å². The van der Waals surface area contributed by atoms with E-state index < -0.39 is 0 Å². The molecule has 3 heterocycles. The first-order valence-corrected chi connectivity index (χ1v) is 8.89. The van der Waals surface area contributed by atoms with Crippen molar-refractivity contribution in [3.63, 3.8) is 0 Å². The maximum atomic E-state index is 4.47. The van der Waals surface area contributed by atoms with Gasteiger partial charge in [-0.25, -0.2) is 9.97 Å². The first-order chi connectivity index (χ1) is 12.3. The standard InChI is InChI=1S/C20H23N5/c1-15-8-10-22-20(23-15)24-17-5-4-12-25(14-17)13-16-9-11-21-19-7-3-2-6-18(16)19/h2-3,6-11,17H,4-5,12-14H2,1H3,(H,22,23,24). The van der Waals surface area contributed by atoms with Gasteiger partial charge in [0.1, 0.15) is 0 Å². The molecule has 1 unspecified atom stereocenters. The van der Waals surface area contributed by atoms with Crippen molar-refractivity contribution in [3.05, 3.63) is 60.0 Å². The van der Waals surface area contributed by atoms with Crippen molar-refractivity contribution < 1.29 is 0 Å². The van der Waals surface area contributed by atoms with E-state index in [0.717, 1.165) is 43.2 Å². The Kier molecular flexibility index (Phi) is 4.57. The molecule has 1 fully saturated rings. The molecule has 25 heavy (non-hydrogen) atoms. The van der Waals surface area contributed by atoms with Crippen LogP contribution in [0.25, 0.3) is 10.9 Å². The molecule has 3 aromatic rings. The van der Waals surface area contributed by atoms with Crippen LogP contribution < -0.4 is 5.32 Å². The third-order valence-electron chi connectivity index (χ3n) is 4.77. The van der Waals surface area contributed by atoms with Crippen LogP contribution in [0.5, 0.6) is 0 Å². The summed E-state index contributed by atoms with van der Waals surface area (Å²) in [5.74, 6) is 0.737. The molecule has 1 aromatic carbocycles. The second-order valence-corrected chi connectivity index (χ2v) is 6.73. The number of hydrogen-bond donors (Lipinski definition) is 1. The highest BCUT2D eigenvalue weighted by Crippen LogP contribution is 2.21. The van der Waals surface area contributed by atoms with Gasteiger partial charge in [0.2, 0.25) is 5.95 Å². The number of benzene rings is 1. The summed E-state index contributed by atoms with van der Waals surface area (Å²) in [7, 11) is 0. The van der Waals surface area contributed by atoms with Crippen molar-refractivity contribution >= 4 is 16.9 Å². The third kappa shape index (κ3) is 3.77. The van der Waals surface area contributed by atoms with E-state index in [1.165, 1.54) is 17.4 Å². The highest BCUT2D eigenvalue weighted by atomic mass is 15.2. The number of hydrogen-bond acceptors (Lipinski definition) is 5. The molecule has 0 aliphatic carbocycles. The third-order valence-corrected chi connectivity index (χ3v) is 4.77. The fourth-order valence-electron chi connectivity index (χ4n) is 3.55. The lowest BCUT2D eigenvalue weighted by Gasteiger charge is -2.33. The maximum Gasteiger partial charge on any atom is 0.223 e. The van der Waals surface area contributed by atoms with Gasteiger partial charge < -0.3 is 5.32 Å². The largest absolute Gasteiger partial charge is 0.350 e. The molecule has 0 spiro atoms. The molecule has 5 nitrogen and oxygen atoms in total. The Morgan fingerprint density at radius 1 is 1.12 bits per heavy atom. The summed E-state index contributed by atoms with van der Waals surface area (Å²) < 4.78 is 0. The summed E-state index contributed by atoms with van der Waals surface area (Å²) in [5, 5.41) is 4.75. The fourth-order valence-corrected chi connectivity index (χ4v) is 3.55. The molecule has 1 aliphatic heterocycles. The summed E-state index contributed by atoms with van der Waals surface area (Å²) in [5.41, 5.74) is 3.41. The SMILES string of the molecule is Cc1ccnc(NC2CCCN(Cc3ccnc4ccccc34)C2)n1. The van der Waals surface area contributed by atoms with Gasteiger partial charge in [-0.2, -0.15) is 0 Å². The average Bonchev–Trinajstić information content (AvgIpc) is 2.62. The number of rotatable bonds is 4. The van der Waals surface area contributed by atoms with Crippen LogP contribution >= 0.6 is 0 Å². The Hall–Kier alpha value is -2.53. The number of anilines is 1. The molecule has 1 saturated heterocycles. The minimum Gasteiger partial charge on any atom is -0.350 e. The van der Waals surface area contributed by atoms with E-state index in [4.69, 9.17) is 0 Å². The van der Waals surface area contributed by atoms with Crippen LogP contribution in [0.3, 0.4) is 0 Å². The molecule has 0 radical (unpaired) electrons. The summed E-state index contributed by atoms with van der Waals surface area (Å²) in [6.45, 7) is 5.09. The van der Waals surface area contributed by atoms with Gasteiger partial charge in [-0.15, -0.1) is 0 Å². The van der Waals surface area contributed by atoms with E-state index in [2.05, 4.69) is 49.4 Å². The topological polar surface area (TPSA) is 53.9 Å². The number of aromatic nitrogens is 3. The molecule has 1 atom stereocenters. The molecule has 0 saturated carbocycles. The van der Waals surface area contributed by atoms with Gasteiger partial charge in [-0.05, 0) is 50.1 Å². The van der Waals surface area contributed by atoms with Crippen LogP contribution in [0.4, 0.5) is 5.95 Å². The molecule has 1 N–H and O–H groups in total. The van der Waals surface area contributed by atoms with E-state index in [9.17, 15) is 0 Å². The zero-order valence-electron chi connectivity index (χ0n) is 14.5. The second kappa shape index (κ2) is 7.15. The molecule has 5 heteroatoms. The van der Waals surface area contributed by atoms with Crippen molar-refractivity contribution in [1.29, 1.82) is 0 Å². The number of aryl methyl sites for hydroxylation is 1. The van der Waals surface area contributed by atoms with Gasteiger partial charge >= 0.3 is 0 Å². The summed E-state index contributed by atoms with van der Waals surface area (Å²) in [6, 6.07) is 12.8. The van der Waals surface area contributed by atoms with Crippen molar-refractivity contribution in [2.75, 3.05) is 18.4 Å². The first-order valence-electron chi connectivity index (χ1n) is 8.89. The van der Waals surface area contributed by atoms with Crippen molar-refractivity contribution in [2.24, 2.45) is 0 Å². The number of pyridine rings is 1. The summed E-state index contributed by atoms with van der Waals surface area (Å²) in [6.07, 6.45) is 6.07. The number of piperidine rings is 1. The van der Waals surface area contributed by atoms with Gasteiger partial charge in [-0.3, -0.25) is 9.88 Å². The maximum absolute atomic E-state index is 4.47. The Labute approximate surface area is 148 Å². The lowest BCUT2D eigenvalue weighted by atomic mass is 10.0. The molecular weight excluding hydrogens is 310 g/mol. The monoisotopic (exact) mass is 333 g/mol. The Balaban J connectivity index is 1.46. The highest BCUT2D eigenvalue weighted by molar-refractivity contribution is 5.81. The van der Waals surface area contributed by atoms with Crippen LogP contribution in [0.2, 0.25) is 0 Å². The quantitative estimate of drug-likeness (QED) is 0.793. The van der Waals surface area contributed by atoms with Crippen molar-refractivity contribution in [1.82, 2.24) is 19.9 Å². The average molecular weight is 333 g/mol. The number of para-hydroxylation sites is 1. The number of nitrogens with zero attached hydrogens (tertiary/aromatic N) is 4. The molecule has 0 amide bonds. The number of likely N-dealkylation sites (tertiary alicyclic amines) is 1. The van der Waals surface area contributed by atoms with Gasteiger partial charge in [-0.1, -0.05) is 18.2 Å². The van der Waals surface area contributed by atoms with Gasteiger partial charge in [0.05, 0.1) is 5.52 Å². The minimum absolute atomic E-state index is 0.392. The van der Waals surface area contributed by atoms with E-state index in [1.807, 2.05) is 31.5 Å². The normalized spacial score (nSPS) is 18.4. The summed E-state index contributed by atoms with van der Waals surface area (Å²) >= 11 is 0. The molecule has 2 aromatic heterocycles. The van der Waals surface area contributed by atoms with Gasteiger partial charge in [0, 0.05) is 42.6 Å². The minimum atomic E-state index is 0.392. The zero-order valence-corrected chi connectivity index (χ0v) is 14.5. The predicted octanol–water partition coefficient (Wildman–Crippen LogP) is 3.41. The van der Waals surface area contributed by atoms with Crippen molar-refractivity contribution in [3.8, 4) is 0 Å². The van der Waals surface area contributed by atoms with Crippen LogP contribution in [0.1, 0.15) is 24.1 Å². The smallest absolute Gasteiger partial charge is 0.223 e. The fraction of sp³-hybridized carbons (Fsp3) is 0.350.